The number of benzene rings is 2. The van der Waals surface area contributed by atoms with Gasteiger partial charge in [-0.3, -0.25) is 10.2 Å². The standard InChI is InChI=1S/C22H19FN8O/c1-12-8-14(23)9-16-17(12)22(32)31(30-15-6-4-3-5-7-15)21(29-16)13(2)28-20-18-19(25-10-24-18)26-11-27-20/h3-11,13,30H,1-2H3,(H2,24,25,26,27,28). The Hall–Kier alpha value is -4.34. The van der Waals surface area contributed by atoms with Crippen LogP contribution in [0.4, 0.5) is 15.9 Å². The molecule has 0 radical (unpaired) electrons. The van der Waals surface area contributed by atoms with Crippen LogP contribution in [0.25, 0.3) is 22.1 Å². The number of aromatic nitrogens is 6. The molecule has 2 aromatic carbocycles. The van der Waals surface area contributed by atoms with Gasteiger partial charge in [0.25, 0.3) is 5.56 Å². The van der Waals surface area contributed by atoms with Crippen LogP contribution < -0.4 is 16.3 Å². The van der Waals surface area contributed by atoms with Gasteiger partial charge in [0.15, 0.2) is 17.3 Å². The van der Waals surface area contributed by atoms with E-state index in [1.165, 1.54) is 29.5 Å². The summed E-state index contributed by atoms with van der Waals surface area (Å²) >= 11 is 0. The number of nitrogens with one attached hydrogen (secondary N) is 3. The summed E-state index contributed by atoms with van der Waals surface area (Å²) in [5, 5.41) is 3.61. The quantitative estimate of drug-likeness (QED) is 0.391. The molecule has 3 aromatic heterocycles. The van der Waals surface area contributed by atoms with Crippen molar-refractivity contribution < 1.29 is 4.39 Å². The smallest absolute Gasteiger partial charge is 0.280 e. The lowest BCUT2D eigenvalue weighted by Gasteiger charge is -2.21. The molecule has 32 heavy (non-hydrogen) atoms. The lowest BCUT2D eigenvalue weighted by atomic mass is 10.1. The first kappa shape index (κ1) is 19.6. The summed E-state index contributed by atoms with van der Waals surface area (Å²) in [6.07, 6.45) is 2.93. The lowest BCUT2D eigenvalue weighted by Crippen LogP contribution is -2.33. The Labute approximate surface area is 181 Å². The van der Waals surface area contributed by atoms with E-state index in [0.29, 0.717) is 39.4 Å². The maximum Gasteiger partial charge on any atom is 0.280 e. The summed E-state index contributed by atoms with van der Waals surface area (Å²) < 4.78 is 15.5. The highest BCUT2D eigenvalue weighted by Crippen LogP contribution is 2.23. The van der Waals surface area contributed by atoms with Gasteiger partial charge in [-0.2, -0.15) is 0 Å². The fourth-order valence-corrected chi connectivity index (χ4v) is 3.67. The van der Waals surface area contributed by atoms with E-state index < -0.39 is 11.9 Å². The fourth-order valence-electron chi connectivity index (χ4n) is 3.67. The number of nitrogens with zero attached hydrogens (tertiary/aromatic N) is 5. The van der Waals surface area contributed by atoms with Gasteiger partial charge in [0.2, 0.25) is 0 Å². The minimum absolute atomic E-state index is 0.289. The van der Waals surface area contributed by atoms with E-state index in [1.807, 2.05) is 37.3 Å². The molecule has 0 aliphatic carbocycles. The number of halogens is 1. The summed E-state index contributed by atoms with van der Waals surface area (Å²) in [6, 6.07) is 11.4. The third kappa shape index (κ3) is 3.41. The molecule has 0 spiro atoms. The van der Waals surface area contributed by atoms with E-state index in [0.717, 1.165) is 0 Å². The molecule has 160 valence electrons. The summed E-state index contributed by atoms with van der Waals surface area (Å²) in [4.78, 5) is 33.7. The average Bonchev–Trinajstić information content (AvgIpc) is 3.25. The predicted molar refractivity (Wildman–Crippen MR) is 120 cm³/mol. The van der Waals surface area contributed by atoms with Crippen molar-refractivity contribution in [3.8, 4) is 0 Å². The van der Waals surface area contributed by atoms with Crippen molar-refractivity contribution in [1.82, 2.24) is 29.6 Å². The maximum absolute atomic E-state index is 14.1. The third-order valence-electron chi connectivity index (χ3n) is 5.14. The Morgan fingerprint density at radius 2 is 1.94 bits per heavy atom. The monoisotopic (exact) mass is 430 g/mol. The van der Waals surface area contributed by atoms with Gasteiger partial charge in [-0.15, -0.1) is 0 Å². The zero-order chi connectivity index (χ0) is 22.2. The highest BCUT2D eigenvalue weighted by atomic mass is 19.1. The van der Waals surface area contributed by atoms with Crippen LogP contribution in [0.3, 0.4) is 0 Å². The topological polar surface area (TPSA) is 113 Å². The van der Waals surface area contributed by atoms with E-state index in [-0.39, 0.29) is 11.1 Å². The second-order valence-electron chi connectivity index (χ2n) is 7.39. The Bertz CT molecular complexity index is 1500. The van der Waals surface area contributed by atoms with Crippen LogP contribution in [-0.4, -0.2) is 29.6 Å². The molecule has 5 rings (SSSR count). The summed E-state index contributed by atoms with van der Waals surface area (Å²) in [5.74, 6) is 0.427. The van der Waals surface area contributed by atoms with Gasteiger partial charge in [-0.05, 0) is 37.6 Å². The molecule has 1 unspecified atom stereocenters. The molecule has 0 saturated heterocycles. The minimum Gasteiger partial charge on any atom is -0.358 e. The highest BCUT2D eigenvalue weighted by molar-refractivity contribution is 5.83. The number of rotatable bonds is 5. The second-order valence-corrected chi connectivity index (χ2v) is 7.39. The molecule has 0 aliphatic rings. The highest BCUT2D eigenvalue weighted by Gasteiger charge is 2.20. The van der Waals surface area contributed by atoms with Crippen LogP contribution in [0, 0.1) is 12.7 Å². The van der Waals surface area contributed by atoms with Crippen molar-refractivity contribution in [1.29, 1.82) is 0 Å². The molecule has 0 amide bonds. The first-order valence-corrected chi connectivity index (χ1v) is 9.97. The molecule has 0 saturated carbocycles. The Morgan fingerprint density at radius 3 is 2.75 bits per heavy atom. The van der Waals surface area contributed by atoms with E-state index in [2.05, 4.69) is 35.7 Å². The van der Waals surface area contributed by atoms with Crippen LogP contribution in [0.2, 0.25) is 0 Å². The molecular weight excluding hydrogens is 411 g/mol. The first-order valence-electron chi connectivity index (χ1n) is 9.97. The minimum atomic E-state index is -0.478. The Balaban J connectivity index is 1.66. The Morgan fingerprint density at radius 1 is 1.12 bits per heavy atom. The fraction of sp³-hybridized carbons (Fsp3) is 0.136. The number of H-pyrrole nitrogens is 1. The van der Waals surface area contributed by atoms with Gasteiger partial charge >= 0.3 is 0 Å². The predicted octanol–water partition coefficient (Wildman–Crippen LogP) is 3.56. The SMILES string of the molecule is Cc1cc(F)cc2nc(C(C)Nc3ncnc4nc[nH]c34)n(Nc3ccccc3)c(=O)c12. The Kier molecular flexibility index (Phi) is 4.74. The number of hydrogen-bond donors (Lipinski definition) is 3. The van der Waals surface area contributed by atoms with E-state index in [4.69, 9.17) is 0 Å². The number of anilines is 2. The van der Waals surface area contributed by atoms with E-state index in [1.54, 1.807) is 6.92 Å². The molecule has 0 aliphatic heterocycles. The maximum atomic E-state index is 14.1. The van der Waals surface area contributed by atoms with Gasteiger partial charge in [0.05, 0.1) is 29.0 Å². The molecule has 3 heterocycles. The molecular formula is C22H19FN8O. The van der Waals surface area contributed by atoms with E-state index in [9.17, 15) is 9.18 Å². The van der Waals surface area contributed by atoms with Gasteiger partial charge in [-0.1, -0.05) is 18.2 Å². The number of aromatic amines is 1. The normalized spacial score (nSPS) is 12.2. The number of fused-ring (bicyclic) bond motifs is 2. The zero-order valence-electron chi connectivity index (χ0n) is 17.3. The average molecular weight is 430 g/mol. The number of imidazole rings is 1. The van der Waals surface area contributed by atoms with Crippen molar-refractivity contribution >= 4 is 33.6 Å². The van der Waals surface area contributed by atoms with Gasteiger partial charge in [0, 0.05) is 6.07 Å². The third-order valence-corrected chi connectivity index (χ3v) is 5.14. The van der Waals surface area contributed by atoms with Gasteiger partial charge < -0.3 is 10.3 Å². The first-order chi connectivity index (χ1) is 15.5. The van der Waals surface area contributed by atoms with Crippen LogP contribution >= 0.6 is 0 Å². The second kappa shape index (κ2) is 7.73. The van der Waals surface area contributed by atoms with Crippen molar-refractivity contribution in [2.45, 2.75) is 19.9 Å². The number of para-hydroxylation sites is 1. The lowest BCUT2D eigenvalue weighted by molar-refractivity contribution is 0.627. The number of aryl methyl sites for hydroxylation is 1. The molecule has 1 atom stereocenters. The van der Waals surface area contributed by atoms with Crippen molar-refractivity contribution in [2.24, 2.45) is 0 Å². The van der Waals surface area contributed by atoms with E-state index >= 15 is 0 Å². The van der Waals surface area contributed by atoms with Crippen LogP contribution in [0.1, 0.15) is 24.4 Å². The van der Waals surface area contributed by atoms with Crippen LogP contribution in [0.5, 0.6) is 0 Å². The van der Waals surface area contributed by atoms with Crippen LogP contribution in [0.15, 0.2) is 59.9 Å². The summed E-state index contributed by atoms with van der Waals surface area (Å²) in [7, 11) is 0. The molecule has 9 nitrogen and oxygen atoms in total. The van der Waals surface area contributed by atoms with Gasteiger partial charge in [-0.25, -0.2) is 29.0 Å². The summed E-state index contributed by atoms with van der Waals surface area (Å²) in [5.41, 5.74) is 5.46. The van der Waals surface area contributed by atoms with Gasteiger partial charge in [0.1, 0.15) is 17.7 Å². The molecule has 5 aromatic rings. The zero-order valence-corrected chi connectivity index (χ0v) is 17.3. The van der Waals surface area contributed by atoms with Crippen molar-refractivity contribution in [3.63, 3.8) is 0 Å². The largest absolute Gasteiger partial charge is 0.358 e. The van der Waals surface area contributed by atoms with Crippen LogP contribution in [-0.2, 0) is 0 Å². The summed E-state index contributed by atoms with van der Waals surface area (Å²) in [6.45, 7) is 3.53. The number of hydrogen-bond acceptors (Lipinski definition) is 7. The molecule has 10 heteroatoms. The molecule has 3 N–H and O–H groups in total. The van der Waals surface area contributed by atoms with Crippen molar-refractivity contribution in [2.75, 3.05) is 10.7 Å². The molecule has 0 fully saturated rings. The molecule has 0 bridgehead atoms. The van der Waals surface area contributed by atoms with Crippen molar-refractivity contribution in [3.05, 3.63) is 82.7 Å².